The maximum Gasteiger partial charge on any atom is 0.321 e. The van der Waals surface area contributed by atoms with Crippen LogP contribution in [0.2, 0.25) is 0 Å². The van der Waals surface area contributed by atoms with Crippen molar-refractivity contribution in [2.75, 3.05) is 19.0 Å². The molecule has 1 aromatic heterocycles. The summed E-state index contributed by atoms with van der Waals surface area (Å²) < 4.78 is 6.73. The molecule has 0 saturated carbocycles. The molecule has 6 heteroatoms. The smallest absolute Gasteiger partial charge is 0.321 e. The Hall–Kier alpha value is -2.34. The Balaban J connectivity index is 1.97. The molecule has 0 fully saturated rings. The van der Waals surface area contributed by atoms with Crippen LogP contribution < -0.4 is 10.6 Å². The van der Waals surface area contributed by atoms with Crippen LogP contribution in [0.4, 0.5) is 10.6 Å². The van der Waals surface area contributed by atoms with Crippen LogP contribution in [0.15, 0.2) is 36.5 Å². The van der Waals surface area contributed by atoms with Gasteiger partial charge in [0.2, 0.25) is 0 Å². The van der Waals surface area contributed by atoms with E-state index in [4.69, 9.17) is 4.74 Å². The quantitative estimate of drug-likeness (QED) is 0.861. The number of methoxy groups -OCH3 is 1. The van der Waals surface area contributed by atoms with E-state index in [1.54, 1.807) is 24.1 Å². The number of hydrogen-bond acceptors (Lipinski definition) is 3. The van der Waals surface area contributed by atoms with Crippen LogP contribution in [0.3, 0.4) is 0 Å². The summed E-state index contributed by atoms with van der Waals surface area (Å²) >= 11 is 0. The number of rotatable bonds is 6. The van der Waals surface area contributed by atoms with Gasteiger partial charge in [-0.15, -0.1) is 0 Å². The molecule has 1 aromatic carbocycles. The Morgan fingerprint density at radius 2 is 2.13 bits per heavy atom. The van der Waals surface area contributed by atoms with Gasteiger partial charge in [0.05, 0.1) is 18.7 Å². The number of benzene rings is 1. The lowest BCUT2D eigenvalue weighted by molar-refractivity contribution is 0.183. The Labute approximate surface area is 136 Å². The molecule has 2 N–H and O–H groups in total. The second-order valence-corrected chi connectivity index (χ2v) is 6.03. The predicted molar refractivity (Wildman–Crippen MR) is 90.5 cm³/mol. The molecule has 0 saturated heterocycles. The van der Waals surface area contributed by atoms with Gasteiger partial charge in [-0.1, -0.05) is 29.8 Å². The van der Waals surface area contributed by atoms with E-state index in [-0.39, 0.29) is 6.03 Å². The maximum atomic E-state index is 12.2. The summed E-state index contributed by atoms with van der Waals surface area (Å²) in [6.07, 6.45) is 1.81. The average molecular weight is 316 g/mol. The van der Waals surface area contributed by atoms with Gasteiger partial charge < -0.3 is 10.1 Å². The first-order chi connectivity index (χ1) is 10.9. The molecule has 2 aromatic rings. The van der Waals surface area contributed by atoms with E-state index in [0.29, 0.717) is 19.0 Å². The van der Waals surface area contributed by atoms with Crippen molar-refractivity contribution in [3.05, 3.63) is 47.7 Å². The van der Waals surface area contributed by atoms with Crippen LogP contribution in [0.1, 0.15) is 25.0 Å². The highest BCUT2D eigenvalue weighted by Crippen LogP contribution is 2.21. The summed E-state index contributed by atoms with van der Waals surface area (Å²) in [5.74, 6) is 0.513. The zero-order chi connectivity index (χ0) is 16.9. The summed E-state index contributed by atoms with van der Waals surface area (Å²) in [5, 5.41) is 10.0. The average Bonchev–Trinajstić information content (AvgIpc) is 2.91. The molecule has 1 heterocycles. The third kappa shape index (κ3) is 4.82. The number of nitrogens with zero attached hydrogens (tertiary/aromatic N) is 2. The topological polar surface area (TPSA) is 68.2 Å². The summed E-state index contributed by atoms with van der Waals surface area (Å²) in [7, 11) is 1.64. The first-order valence-electron chi connectivity index (χ1n) is 7.59. The molecule has 6 nitrogen and oxygen atoms in total. The Kier molecular flexibility index (Phi) is 5.39. The van der Waals surface area contributed by atoms with Gasteiger partial charge in [0.25, 0.3) is 0 Å². The number of aromatic nitrogens is 2. The van der Waals surface area contributed by atoms with Gasteiger partial charge >= 0.3 is 6.03 Å². The van der Waals surface area contributed by atoms with Crippen LogP contribution in [0.25, 0.3) is 0 Å². The van der Waals surface area contributed by atoms with Crippen molar-refractivity contribution < 1.29 is 9.53 Å². The van der Waals surface area contributed by atoms with Gasteiger partial charge in [0.1, 0.15) is 0 Å². The zero-order valence-electron chi connectivity index (χ0n) is 14.1. The minimum atomic E-state index is -0.477. The van der Waals surface area contributed by atoms with E-state index in [0.717, 1.165) is 11.1 Å². The fourth-order valence-electron chi connectivity index (χ4n) is 2.28. The van der Waals surface area contributed by atoms with Crippen molar-refractivity contribution in [2.45, 2.75) is 32.9 Å². The van der Waals surface area contributed by atoms with E-state index in [1.165, 1.54) is 0 Å². The summed E-state index contributed by atoms with van der Waals surface area (Å²) in [4.78, 5) is 12.2. The molecule has 0 spiro atoms. The van der Waals surface area contributed by atoms with Crippen LogP contribution in [-0.4, -0.2) is 29.5 Å². The number of carbonyl (C=O) groups is 1. The zero-order valence-corrected chi connectivity index (χ0v) is 14.1. The number of hydrogen-bond donors (Lipinski definition) is 2. The van der Waals surface area contributed by atoms with E-state index in [9.17, 15) is 4.79 Å². The third-order valence-corrected chi connectivity index (χ3v) is 3.57. The summed E-state index contributed by atoms with van der Waals surface area (Å²) in [6, 6.07) is 9.57. The van der Waals surface area contributed by atoms with E-state index >= 15 is 0 Å². The van der Waals surface area contributed by atoms with Crippen LogP contribution in [0, 0.1) is 6.92 Å². The van der Waals surface area contributed by atoms with Crippen molar-refractivity contribution in [3.63, 3.8) is 0 Å². The lowest BCUT2D eigenvalue weighted by Gasteiger charge is -2.27. The molecule has 124 valence electrons. The number of amides is 2. The highest BCUT2D eigenvalue weighted by Gasteiger charge is 2.23. The highest BCUT2D eigenvalue weighted by atomic mass is 16.5. The first kappa shape index (κ1) is 17.0. The normalized spacial score (nSPS) is 11.3. The minimum Gasteiger partial charge on any atom is -0.383 e. The molecule has 0 aliphatic heterocycles. The minimum absolute atomic E-state index is 0.284. The molecule has 0 bridgehead atoms. The molecule has 23 heavy (non-hydrogen) atoms. The lowest BCUT2D eigenvalue weighted by Crippen LogP contribution is -2.43. The SMILES string of the molecule is COCCn1ccc(NC(=O)NC(C)(C)c2cccc(C)c2)n1. The van der Waals surface area contributed by atoms with E-state index in [1.807, 2.05) is 39.0 Å². The molecular formula is C17H24N4O2. The van der Waals surface area contributed by atoms with Gasteiger partial charge in [0, 0.05) is 19.4 Å². The number of anilines is 1. The first-order valence-corrected chi connectivity index (χ1v) is 7.59. The van der Waals surface area contributed by atoms with Crippen molar-refractivity contribution in [3.8, 4) is 0 Å². The summed E-state index contributed by atoms with van der Waals surface area (Å²) in [6.45, 7) is 7.20. The predicted octanol–water partition coefficient (Wildman–Crippen LogP) is 2.89. The highest BCUT2D eigenvalue weighted by molar-refractivity contribution is 5.88. The van der Waals surface area contributed by atoms with Crippen LogP contribution in [-0.2, 0) is 16.8 Å². The molecule has 0 atom stereocenters. The second kappa shape index (κ2) is 7.28. The van der Waals surface area contributed by atoms with E-state index < -0.39 is 5.54 Å². The van der Waals surface area contributed by atoms with Gasteiger partial charge in [-0.05, 0) is 26.3 Å². The molecule has 2 amide bonds. The fraction of sp³-hybridized carbons (Fsp3) is 0.412. The van der Waals surface area contributed by atoms with Crippen molar-refractivity contribution in [2.24, 2.45) is 0 Å². The standard InChI is InChI=1S/C17H24N4O2/c1-13-6-5-7-14(12-13)17(2,3)19-16(22)18-15-8-9-21(20-15)10-11-23-4/h5-9,12H,10-11H2,1-4H3,(H2,18,19,20,22). The largest absolute Gasteiger partial charge is 0.383 e. The summed E-state index contributed by atoms with van der Waals surface area (Å²) in [5.41, 5.74) is 1.74. The molecular weight excluding hydrogens is 292 g/mol. The molecule has 2 rings (SSSR count). The van der Waals surface area contributed by atoms with Gasteiger partial charge in [0.15, 0.2) is 5.82 Å². The molecule has 0 aliphatic carbocycles. The monoisotopic (exact) mass is 316 g/mol. The number of carbonyl (C=O) groups excluding carboxylic acids is 1. The number of ether oxygens (including phenoxy) is 1. The lowest BCUT2D eigenvalue weighted by atomic mass is 9.93. The number of nitrogens with one attached hydrogen (secondary N) is 2. The molecule has 0 aliphatic rings. The Morgan fingerprint density at radius 3 is 2.83 bits per heavy atom. The Morgan fingerprint density at radius 1 is 1.35 bits per heavy atom. The molecule has 0 unspecified atom stereocenters. The van der Waals surface area contributed by atoms with Crippen LogP contribution in [0.5, 0.6) is 0 Å². The van der Waals surface area contributed by atoms with Crippen molar-refractivity contribution in [1.82, 2.24) is 15.1 Å². The second-order valence-electron chi connectivity index (χ2n) is 6.03. The third-order valence-electron chi connectivity index (χ3n) is 3.57. The molecule has 0 radical (unpaired) electrons. The van der Waals surface area contributed by atoms with Gasteiger partial charge in [-0.25, -0.2) is 4.79 Å². The van der Waals surface area contributed by atoms with Gasteiger partial charge in [-0.2, -0.15) is 5.10 Å². The number of aryl methyl sites for hydroxylation is 1. The van der Waals surface area contributed by atoms with E-state index in [2.05, 4.69) is 21.8 Å². The van der Waals surface area contributed by atoms with Gasteiger partial charge in [-0.3, -0.25) is 10.00 Å². The maximum absolute atomic E-state index is 12.2. The van der Waals surface area contributed by atoms with Crippen molar-refractivity contribution >= 4 is 11.8 Å². The van der Waals surface area contributed by atoms with Crippen LogP contribution >= 0.6 is 0 Å². The van der Waals surface area contributed by atoms with Crippen molar-refractivity contribution in [1.29, 1.82) is 0 Å². The number of urea groups is 1. The Bertz CT molecular complexity index is 664. The fourth-order valence-corrected chi connectivity index (χ4v) is 2.28.